The fourth-order valence-corrected chi connectivity index (χ4v) is 3.79. The first-order valence-electron chi connectivity index (χ1n) is 6.48. The van der Waals surface area contributed by atoms with Crippen LogP contribution in [0.5, 0.6) is 11.5 Å². The average molecular weight is 412 g/mol. The number of carbonyl (C=O) groups excluding carboxylic acids is 1. The van der Waals surface area contributed by atoms with E-state index in [0.29, 0.717) is 24.5 Å². The van der Waals surface area contributed by atoms with E-state index in [-0.39, 0.29) is 5.92 Å². The molecule has 0 saturated carbocycles. The number of hydrogen-bond donors (Lipinski definition) is 0. The van der Waals surface area contributed by atoms with Crippen LogP contribution in [0.2, 0.25) is 0 Å². The Kier molecular flexibility index (Phi) is 4.31. The number of para-hydroxylation sites is 1. The zero-order valence-corrected chi connectivity index (χ0v) is 14.2. The smallest absolute Gasteiger partial charge is 0.150 e. The molecule has 0 spiro atoms. The summed E-state index contributed by atoms with van der Waals surface area (Å²) in [7, 11) is 0. The first kappa shape index (κ1) is 14.6. The van der Waals surface area contributed by atoms with Gasteiger partial charge in [-0.25, -0.2) is 0 Å². The second kappa shape index (κ2) is 6.20. The van der Waals surface area contributed by atoms with Crippen LogP contribution in [0.3, 0.4) is 0 Å². The van der Waals surface area contributed by atoms with Gasteiger partial charge in [-0.2, -0.15) is 0 Å². The summed E-state index contributed by atoms with van der Waals surface area (Å²) in [6, 6.07) is 11.5. The number of ether oxygens (including phenoxy) is 2. The number of hydrogen-bond acceptors (Lipinski definition) is 3. The van der Waals surface area contributed by atoms with Gasteiger partial charge in [0, 0.05) is 11.1 Å². The number of carbonyl (C=O) groups is 1. The number of benzene rings is 2. The molecule has 0 N–H and O–H groups in total. The van der Waals surface area contributed by atoms with Crippen LogP contribution >= 0.6 is 31.9 Å². The van der Waals surface area contributed by atoms with Crippen molar-refractivity contribution >= 4 is 38.1 Å². The van der Waals surface area contributed by atoms with E-state index in [9.17, 15) is 4.79 Å². The lowest BCUT2D eigenvalue weighted by Crippen LogP contribution is -2.12. The van der Waals surface area contributed by atoms with Crippen molar-refractivity contribution in [2.24, 2.45) is 0 Å². The molecule has 0 bridgehead atoms. The van der Waals surface area contributed by atoms with Crippen molar-refractivity contribution in [3.8, 4) is 11.5 Å². The molecule has 0 radical (unpaired) electrons. The molecule has 0 aliphatic carbocycles. The molecule has 1 aliphatic rings. The molecule has 2 aromatic rings. The van der Waals surface area contributed by atoms with Crippen molar-refractivity contribution in [1.29, 1.82) is 0 Å². The average Bonchev–Trinajstić information content (AvgIpc) is 2.89. The summed E-state index contributed by atoms with van der Waals surface area (Å²) in [5.74, 6) is 1.84. The molecular formula is C16H12Br2O3. The number of rotatable bonds is 4. The molecule has 1 aliphatic heterocycles. The summed E-state index contributed by atoms with van der Waals surface area (Å²) in [5, 5.41) is 0. The van der Waals surface area contributed by atoms with Gasteiger partial charge in [0.1, 0.15) is 17.8 Å². The third kappa shape index (κ3) is 2.99. The fraction of sp³-hybridized carbons (Fsp3) is 0.188. The van der Waals surface area contributed by atoms with E-state index in [2.05, 4.69) is 37.9 Å². The highest BCUT2D eigenvalue weighted by atomic mass is 79.9. The van der Waals surface area contributed by atoms with Gasteiger partial charge in [-0.3, -0.25) is 4.79 Å². The molecule has 1 heterocycles. The highest BCUT2D eigenvalue weighted by molar-refractivity contribution is 9.11. The third-order valence-corrected chi connectivity index (χ3v) is 4.56. The van der Waals surface area contributed by atoms with E-state index in [1.165, 1.54) is 5.56 Å². The molecule has 108 valence electrons. The van der Waals surface area contributed by atoms with E-state index in [0.717, 1.165) is 21.0 Å². The van der Waals surface area contributed by atoms with E-state index in [4.69, 9.17) is 9.47 Å². The molecule has 0 fully saturated rings. The topological polar surface area (TPSA) is 35.5 Å². The van der Waals surface area contributed by atoms with E-state index >= 15 is 0 Å². The molecular weight excluding hydrogens is 400 g/mol. The van der Waals surface area contributed by atoms with Crippen molar-refractivity contribution in [2.75, 3.05) is 13.2 Å². The van der Waals surface area contributed by atoms with Crippen LogP contribution in [0.1, 0.15) is 21.8 Å². The standard InChI is InChI=1S/C16H12Br2O3/c17-13-5-10(7-19)6-14(18)16(13)21-9-11-8-20-15-4-2-1-3-12(11)15/h1-7,11H,8-9H2. The summed E-state index contributed by atoms with van der Waals surface area (Å²) in [6.45, 7) is 1.15. The van der Waals surface area contributed by atoms with Crippen LogP contribution in [0.4, 0.5) is 0 Å². The summed E-state index contributed by atoms with van der Waals surface area (Å²) in [6.07, 6.45) is 0.806. The molecule has 2 aromatic carbocycles. The minimum atomic E-state index is 0.214. The molecule has 21 heavy (non-hydrogen) atoms. The Balaban J connectivity index is 1.76. The second-order valence-electron chi connectivity index (χ2n) is 4.79. The van der Waals surface area contributed by atoms with Crippen molar-refractivity contribution < 1.29 is 14.3 Å². The Morgan fingerprint density at radius 1 is 1.24 bits per heavy atom. The Bertz CT molecular complexity index is 662. The Hall–Kier alpha value is -1.33. The van der Waals surface area contributed by atoms with Crippen molar-refractivity contribution in [3.05, 3.63) is 56.5 Å². The van der Waals surface area contributed by atoms with Crippen molar-refractivity contribution in [3.63, 3.8) is 0 Å². The predicted molar refractivity (Wildman–Crippen MR) is 87.4 cm³/mol. The maximum Gasteiger partial charge on any atom is 0.150 e. The first-order valence-corrected chi connectivity index (χ1v) is 8.06. The highest BCUT2D eigenvalue weighted by Crippen LogP contribution is 2.37. The number of aldehydes is 1. The molecule has 1 atom stereocenters. The van der Waals surface area contributed by atoms with Gasteiger partial charge in [0.2, 0.25) is 0 Å². The van der Waals surface area contributed by atoms with Crippen LogP contribution in [0.25, 0.3) is 0 Å². The molecule has 0 aromatic heterocycles. The summed E-state index contributed by atoms with van der Waals surface area (Å²) >= 11 is 6.87. The van der Waals surface area contributed by atoms with Crippen LogP contribution in [0.15, 0.2) is 45.3 Å². The summed E-state index contributed by atoms with van der Waals surface area (Å²) in [4.78, 5) is 10.8. The lowest BCUT2D eigenvalue weighted by Gasteiger charge is -2.14. The van der Waals surface area contributed by atoms with Gasteiger partial charge in [-0.15, -0.1) is 0 Å². The van der Waals surface area contributed by atoms with Crippen molar-refractivity contribution in [2.45, 2.75) is 5.92 Å². The largest absolute Gasteiger partial charge is 0.493 e. The van der Waals surface area contributed by atoms with Crippen molar-refractivity contribution in [1.82, 2.24) is 0 Å². The lowest BCUT2D eigenvalue weighted by molar-refractivity contribution is 0.112. The van der Waals surface area contributed by atoms with Crippen LogP contribution in [0, 0.1) is 0 Å². The zero-order valence-electron chi connectivity index (χ0n) is 11.0. The SMILES string of the molecule is O=Cc1cc(Br)c(OCC2COc3ccccc32)c(Br)c1. The molecule has 1 unspecified atom stereocenters. The first-order chi connectivity index (χ1) is 10.2. The van der Waals surface area contributed by atoms with Gasteiger partial charge >= 0.3 is 0 Å². The minimum Gasteiger partial charge on any atom is -0.493 e. The second-order valence-corrected chi connectivity index (χ2v) is 6.50. The lowest BCUT2D eigenvalue weighted by atomic mass is 10.0. The molecule has 0 amide bonds. The number of halogens is 2. The summed E-state index contributed by atoms with van der Waals surface area (Å²) in [5.41, 5.74) is 1.77. The van der Waals surface area contributed by atoms with Gasteiger partial charge in [0.05, 0.1) is 28.1 Å². The van der Waals surface area contributed by atoms with E-state index in [1.54, 1.807) is 12.1 Å². The van der Waals surface area contributed by atoms with Gasteiger partial charge in [0.25, 0.3) is 0 Å². The third-order valence-electron chi connectivity index (χ3n) is 3.38. The monoisotopic (exact) mass is 410 g/mol. The zero-order chi connectivity index (χ0) is 14.8. The molecule has 0 saturated heterocycles. The van der Waals surface area contributed by atoms with Crippen LogP contribution in [-0.2, 0) is 0 Å². The quantitative estimate of drug-likeness (QED) is 0.690. The molecule has 3 rings (SSSR count). The van der Waals surface area contributed by atoms with Gasteiger partial charge < -0.3 is 9.47 Å². The maximum atomic E-state index is 10.8. The molecule has 5 heteroatoms. The van der Waals surface area contributed by atoms with Gasteiger partial charge in [-0.1, -0.05) is 18.2 Å². The van der Waals surface area contributed by atoms with E-state index < -0.39 is 0 Å². The molecule has 3 nitrogen and oxygen atoms in total. The Labute approximate surface area is 139 Å². The minimum absolute atomic E-state index is 0.214. The normalized spacial score (nSPS) is 16.2. The Morgan fingerprint density at radius 2 is 1.95 bits per heavy atom. The summed E-state index contributed by atoms with van der Waals surface area (Å²) < 4.78 is 13.1. The van der Waals surface area contributed by atoms with Crippen LogP contribution < -0.4 is 9.47 Å². The predicted octanol–water partition coefficient (Wildman–Crippen LogP) is 4.58. The number of fused-ring (bicyclic) bond motifs is 1. The van der Waals surface area contributed by atoms with E-state index in [1.807, 2.05) is 18.2 Å². The maximum absolute atomic E-state index is 10.8. The Morgan fingerprint density at radius 3 is 2.67 bits per heavy atom. The fourth-order valence-electron chi connectivity index (χ4n) is 2.34. The highest BCUT2D eigenvalue weighted by Gasteiger charge is 2.24. The van der Waals surface area contributed by atoms with Gasteiger partial charge in [0.15, 0.2) is 0 Å². The van der Waals surface area contributed by atoms with Gasteiger partial charge in [-0.05, 0) is 50.1 Å². The van der Waals surface area contributed by atoms with Crippen LogP contribution in [-0.4, -0.2) is 19.5 Å².